The normalized spacial score (nSPS) is 41.1. The number of aldehydes is 1. The van der Waals surface area contributed by atoms with Gasteiger partial charge in [-0.1, -0.05) is 13.8 Å². The van der Waals surface area contributed by atoms with Crippen molar-refractivity contribution in [2.24, 2.45) is 5.92 Å². The van der Waals surface area contributed by atoms with Gasteiger partial charge in [-0.2, -0.15) is 0 Å². The van der Waals surface area contributed by atoms with E-state index in [4.69, 9.17) is 4.74 Å². The maximum absolute atomic E-state index is 10.3. The van der Waals surface area contributed by atoms with Gasteiger partial charge in [-0.05, 0) is 12.8 Å². The van der Waals surface area contributed by atoms with Crippen LogP contribution >= 0.6 is 0 Å². The lowest BCUT2D eigenvalue weighted by Crippen LogP contribution is -2.14. The fraction of sp³-hybridized carbons (Fsp3) is 0.857. The minimum atomic E-state index is -0.450. The Balaban J connectivity index is 2.47. The largest absolute Gasteiger partial charge is 0.358 e. The Hall–Kier alpha value is -0.370. The van der Waals surface area contributed by atoms with Crippen molar-refractivity contribution in [1.82, 2.24) is 0 Å². The molecular weight excluding hydrogens is 116 g/mol. The second-order valence-corrected chi connectivity index (χ2v) is 3.08. The molecule has 0 N–H and O–H groups in total. The van der Waals surface area contributed by atoms with E-state index < -0.39 is 5.60 Å². The van der Waals surface area contributed by atoms with E-state index in [1.165, 1.54) is 0 Å². The summed E-state index contributed by atoms with van der Waals surface area (Å²) in [5, 5.41) is 0. The summed E-state index contributed by atoms with van der Waals surface area (Å²) in [5.74, 6) is 0.459. The first-order chi connectivity index (χ1) is 4.10. The molecule has 1 saturated heterocycles. The molecule has 1 heterocycles. The quantitative estimate of drug-likeness (QED) is 0.410. The summed E-state index contributed by atoms with van der Waals surface area (Å²) in [6, 6.07) is 0. The van der Waals surface area contributed by atoms with Gasteiger partial charge >= 0.3 is 0 Å². The van der Waals surface area contributed by atoms with Crippen molar-refractivity contribution in [2.75, 3.05) is 0 Å². The van der Waals surface area contributed by atoms with Crippen LogP contribution in [0.25, 0.3) is 0 Å². The summed E-state index contributed by atoms with van der Waals surface area (Å²) in [5.41, 5.74) is -0.450. The van der Waals surface area contributed by atoms with E-state index in [1.807, 2.05) is 6.92 Å². The van der Waals surface area contributed by atoms with Crippen LogP contribution in [-0.2, 0) is 9.53 Å². The van der Waals surface area contributed by atoms with Crippen LogP contribution in [0.1, 0.15) is 20.8 Å². The molecule has 0 saturated carbocycles. The molecule has 0 aliphatic carbocycles. The lowest BCUT2D eigenvalue weighted by molar-refractivity contribution is -0.111. The molecule has 52 valence electrons. The van der Waals surface area contributed by atoms with Crippen LogP contribution in [0.2, 0.25) is 0 Å². The predicted octanol–water partition coefficient (Wildman–Crippen LogP) is 0.999. The molecule has 9 heavy (non-hydrogen) atoms. The van der Waals surface area contributed by atoms with Crippen LogP contribution in [0.5, 0.6) is 0 Å². The molecular formula is C7H12O2. The summed E-state index contributed by atoms with van der Waals surface area (Å²) >= 11 is 0. The van der Waals surface area contributed by atoms with Crippen LogP contribution in [0.4, 0.5) is 0 Å². The summed E-state index contributed by atoms with van der Waals surface area (Å²) in [6.07, 6.45) is 1.05. The van der Waals surface area contributed by atoms with Gasteiger partial charge in [-0.25, -0.2) is 0 Å². The number of hydrogen-bond acceptors (Lipinski definition) is 2. The molecule has 0 unspecified atom stereocenters. The Morgan fingerprint density at radius 3 is 2.33 bits per heavy atom. The summed E-state index contributed by atoms with van der Waals surface area (Å²) in [7, 11) is 0. The second kappa shape index (κ2) is 1.81. The van der Waals surface area contributed by atoms with Gasteiger partial charge in [0.05, 0.1) is 6.10 Å². The van der Waals surface area contributed by atoms with Gasteiger partial charge < -0.3 is 9.53 Å². The Kier molecular flexibility index (Phi) is 1.35. The van der Waals surface area contributed by atoms with E-state index in [9.17, 15) is 4.79 Å². The first kappa shape index (κ1) is 6.75. The first-order valence-corrected chi connectivity index (χ1v) is 3.24. The summed E-state index contributed by atoms with van der Waals surface area (Å²) < 4.78 is 5.15. The lowest BCUT2D eigenvalue weighted by Gasteiger charge is -1.97. The van der Waals surface area contributed by atoms with Crippen molar-refractivity contribution >= 4 is 6.29 Å². The highest BCUT2D eigenvalue weighted by atomic mass is 16.6. The van der Waals surface area contributed by atoms with Gasteiger partial charge in [0.25, 0.3) is 0 Å². The van der Waals surface area contributed by atoms with Crippen LogP contribution < -0.4 is 0 Å². The highest BCUT2D eigenvalue weighted by molar-refractivity contribution is 5.67. The number of carbonyl (C=O) groups excluding carboxylic acids is 1. The molecule has 2 nitrogen and oxygen atoms in total. The van der Waals surface area contributed by atoms with Gasteiger partial charge in [-0.3, -0.25) is 0 Å². The van der Waals surface area contributed by atoms with Crippen LogP contribution in [0.3, 0.4) is 0 Å². The third-order valence-electron chi connectivity index (χ3n) is 1.73. The number of hydrogen-bond donors (Lipinski definition) is 0. The van der Waals surface area contributed by atoms with Crippen molar-refractivity contribution in [1.29, 1.82) is 0 Å². The lowest BCUT2D eigenvalue weighted by atomic mass is 10.0. The van der Waals surface area contributed by atoms with Gasteiger partial charge in [0.15, 0.2) is 6.29 Å². The Labute approximate surface area is 55.2 Å². The molecule has 0 radical (unpaired) electrons. The molecule has 0 aromatic rings. The molecule has 0 amide bonds. The van der Waals surface area contributed by atoms with Gasteiger partial charge in [0, 0.05) is 0 Å². The maximum Gasteiger partial charge on any atom is 0.154 e. The molecule has 2 heteroatoms. The van der Waals surface area contributed by atoms with Crippen LogP contribution in [-0.4, -0.2) is 18.0 Å². The predicted molar refractivity (Wildman–Crippen MR) is 34.2 cm³/mol. The number of ether oxygens (including phenoxy) is 1. The van der Waals surface area contributed by atoms with Gasteiger partial charge in [0.2, 0.25) is 0 Å². The molecule has 1 aliphatic heterocycles. The van der Waals surface area contributed by atoms with E-state index in [-0.39, 0.29) is 6.10 Å². The molecule has 0 aromatic heterocycles. The molecule has 1 rings (SSSR count). The molecule has 0 aromatic carbocycles. The van der Waals surface area contributed by atoms with Crippen molar-refractivity contribution < 1.29 is 9.53 Å². The Bertz CT molecular complexity index is 131. The number of epoxide rings is 1. The van der Waals surface area contributed by atoms with E-state index in [0.29, 0.717) is 5.92 Å². The van der Waals surface area contributed by atoms with E-state index >= 15 is 0 Å². The standard InChI is InChI=1S/C7H12O2/c1-5(2)6-7(3,4-8)9-6/h4-6H,1-3H3/t6-,7-/m0/s1. The van der Waals surface area contributed by atoms with E-state index in [2.05, 4.69) is 13.8 Å². The summed E-state index contributed by atoms with van der Waals surface area (Å²) in [4.78, 5) is 10.3. The highest BCUT2D eigenvalue weighted by Crippen LogP contribution is 2.38. The smallest absolute Gasteiger partial charge is 0.154 e. The zero-order valence-corrected chi connectivity index (χ0v) is 6.05. The maximum atomic E-state index is 10.3. The van der Waals surface area contributed by atoms with Gasteiger partial charge in [-0.15, -0.1) is 0 Å². The fourth-order valence-corrected chi connectivity index (χ4v) is 1.13. The fourth-order valence-electron chi connectivity index (χ4n) is 1.13. The van der Waals surface area contributed by atoms with E-state index in [0.717, 1.165) is 6.29 Å². The average molecular weight is 128 g/mol. The third-order valence-corrected chi connectivity index (χ3v) is 1.73. The first-order valence-electron chi connectivity index (χ1n) is 3.24. The topological polar surface area (TPSA) is 29.6 Å². The zero-order valence-electron chi connectivity index (χ0n) is 6.05. The van der Waals surface area contributed by atoms with Crippen LogP contribution in [0.15, 0.2) is 0 Å². The molecule has 0 bridgehead atoms. The van der Waals surface area contributed by atoms with Crippen LogP contribution in [0, 0.1) is 5.92 Å². The Morgan fingerprint density at radius 2 is 2.22 bits per heavy atom. The number of carbonyl (C=O) groups is 1. The molecule has 1 aliphatic rings. The van der Waals surface area contributed by atoms with Gasteiger partial charge in [0.1, 0.15) is 5.60 Å². The SMILES string of the molecule is CC(C)[C@@H]1O[C@@]1(C)C=O. The van der Waals surface area contributed by atoms with E-state index in [1.54, 1.807) is 0 Å². The summed E-state index contributed by atoms with van der Waals surface area (Å²) in [6.45, 7) is 5.93. The molecule has 1 fully saturated rings. The van der Waals surface area contributed by atoms with Crippen molar-refractivity contribution in [2.45, 2.75) is 32.5 Å². The Morgan fingerprint density at radius 1 is 1.67 bits per heavy atom. The van der Waals surface area contributed by atoms with Crippen molar-refractivity contribution in [3.63, 3.8) is 0 Å². The zero-order chi connectivity index (χ0) is 7.07. The average Bonchev–Trinajstić information content (AvgIpc) is 2.44. The second-order valence-electron chi connectivity index (χ2n) is 3.08. The number of rotatable bonds is 2. The monoisotopic (exact) mass is 128 g/mol. The minimum absolute atomic E-state index is 0.162. The highest BCUT2D eigenvalue weighted by Gasteiger charge is 2.53. The molecule has 0 spiro atoms. The molecule has 2 atom stereocenters. The third kappa shape index (κ3) is 0.990. The van der Waals surface area contributed by atoms with Crippen molar-refractivity contribution in [3.05, 3.63) is 0 Å². The minimum Gasteiger partial charge on any atom is -0.358 e. The van der Waals surface area contributed by atoms with Crippen molar-refractivity contribution in [3.8, 4) is 0 Å².